The fourth-order valence-electron chi connectivity index (χ4n) is 3.85. The second kappa shape index (κ2) is 7.22. The summed E-state index contributed by atoms with van der Waals surface area (Å²) in [6.07, 6.45) is -1.04. The first-order chi connectivity index (χ1) is 14.7. The molecule has 5 rings (SSSR count). The number of carbonyl (C=O) groups is 1. The van der Waals surface area contributed by atoms with Crippen LogP contribution in [0.5, 0.6) is 5.75 Å². The Morgan fingerprint density at radius 3 is 2.53 bits per heavy atom. The lowest BCUT2D eigenvalue weighted by Gasteiger charge is -2.15. The Balaban J connectivity index is 1.67. The molecule has 1 aliphatic rings. The van der Waals surface area contributed by atoms with Crippen molar-refractivity contribution in [1.29, 1.82) is 0 Å². The molecular weight excluding hydrogens is 384 g/mol. The monoisotopic (exact) mass is 402 g/mol. The van der Waals surface area contributed by atoms with Gasteiger partial charge in [0.25, 0.3) is 0 Å². The Labute approximate surface area is 171 Å². The Bertz CT molecular complexity index is 1280. The van der Waals surface area contributed by atoms with E-state index in [4.69, 9.17) is 18.3 Å². The molecular formula is C24H18O6. The molecule has 0 aliphatic carbocycles. The van der Waals surface area contributed by atoms with Crippen molar-refractivity contribution in [3.63, 3.8) is 0 Å². The van der Waals surface area contributed by atoms with Crippen molar-refractivity contribution >= 4 is 16.9 Å². The highest BCUT2D eigenvalue weighted by Crippen LogP contribution is 2.45. The van der Waals surface area contributed by atoms with E-state index in [0.29, 0.717) is 28.2 Å². The highest BCUT2D eigenvalue weighted by molar-refractivity contribution is 5.88. The van der Waals surface area contributed by atoms with Gasteiger partial charge in [-0.2, -0.15) is 0 Å². The van der Waals surface area contributed by atoms with Gasteiger partial charge in [0.05, 0.1) is 17.6 Å². The van der Waals surface area contributed by atoms with E-state index in [1.165, 1.54) is 0 Å². The Morgan fingerprint density at radius 1 is 0.967 bits per heavy atom. The molecule has 30 heavy (non-hydrogen) atoms. The molecule has 2 aromatic heterocycles. The first-order valence-corrected chi connectivity index (χ1v) is 9.71. The minimum absolute atomic E-state index is 0.199. The molecule has 0 spiro atoms. The topological polar surface area (TPSA) is 78.9 Å². The normalized spacial score (nSPS) is 17.5. The van der Waals surface area contributed by atoms with Gasteiger partial charge in [-0.25, -0.2) is 9.59 Å². The molecule has 6 nitrogen and oxygen atoms in total. The zero-order valence-corrected chi connectivity index (χ0v) is 16.2. The van der Waals surface area contributed by atoms with Crippen LogP contribution in [0.4, 0.5) is 0 Å². The van der Waals surface area contributed by atoms with Gasteiger partial charge in [0.2, 0.25) is 6.10 Å². The fourth-order valence-corrected chi connectivity index (χ4v) is 3.85. The molecule has 0 amide bonds. The number of furan rings is 1. The summed E-state index contributed by atoms with van der Waals surface area (Å²) >= 11 is 0. The summed E-state index contributed by atoms with van der Waals surface area (Å²) in [5, 5.41) is 0.624. The number of fused-ring (bicyclic) bond motifs is 3. The molecule has 0 saturated heterocycles. The number of ether oxygens (including phenoxy) is 2. The van der Waals surface area contributed by atoms with Gasteiger partial charge < -0.3 is 18.3 Å². The summed E-state index contributed by atoms with van der Waals surface area (Å²) in [5.41, 5.74) is 0.994. The van der Waals surface area contributed by atoms with E-state index in [0.717, 1.165) is 5.56 Å². The van der Waals surface area contributed by atoms with Gasteiger partial charge in [-0.3, -0.25) is 0 Å². The van der Waals surface area contributed by atoms with Crippen molar-refractivity contribution in [2.45, 2.75) is 18.9 Å². The zero-order valence-electron chi connectivity index (χ0n) is 16.2. The van der Waals surface area contributed by atoms with Crippen molar-refractivity contribution < 1.29 is 23.1 Å². The SMILES string of the molecule is CCOC(=O)[C@@H]1Oc2c(c(=O)oc3ccccc23)[C@@H]1c1ccc(-c2ccccc2)o1. The number of para-hydroxylation sites is 1. The maximum absolute atomic E-state index is 12.9. The summed E-state index contributed by atoms with van der Waals surface area (Å²) in [5.74, 6) is 0.0832. The van der Waals surface area contributed by atoms with E-state index in [-0.39, 0.29) is 12.2 Å². The van der Waals surface area contributed by atoms with Gasteiger partial charge in [0, 0.05) is 5.56 Å². The molecule has 0 unspecified atom stereocenters. The molecule has 6 heteroatoms. The van der Waals surface area contributed by atoms with Crippen LogP contribution in [0.15, 0.2) is 80.4 Å². The average Bonchev–Trinajstić information content (AvgIpc) is 3.40. The molecule has 0 fully saturated rings. The summed E-state index contributed by atoms with van der Waals surface area (Å²) in [4.78, 5) is 25.6. The van der Waals surface area contributed by atoms with Crippen LogP contribution in [-0.4, -0.2) is 18.7 Å². The second-order valence-electron chi connectivity index (χ2n) is 6.96. The molecule has 150 valence electrons. The number of carbonyl (C=O) groups excluding carboxylic acids is 1. The highest BCUT2D eigenvalue weighted by atomic mass is 16.6. The van der Waals surface area contributed by atoms with Crippen molar-refractivity contribution in [1.82, 2.24) is 0 Å². The molecule has 2 aromatic carbocycles. The van der Waals surface area contributed by atoms with Crippen LogP contribution in [0.25, 0.3) is 22.3 Å². The molecule has 2 atom stereocenters. The van der Waals surface area contributed by atoms with Crippen LogP contribution >= 0.6 is 0 Å². The summed E-state index contributed by atoms with van der Waals surface area (Å²) < 4.78 is 22.8. The van der Waals surface area contributed by atoms with Gasteiger partial charge in [0.15, 0.2) is 0 Å². The summed E-state index contributed by atoms with van der Waals surface area (Å²) in [6.45, 7) is 1.92. The van der Waals surface area contributed by atoms with Crippen molar-refractivity contribution in [3.05, 3.63) is 88.5 Å². The van der Waals surface area contributed by atoms with Gasteiger partial charge in [0.1, 0.15) is 28.8 Å². The molecule has 0 bridgehead atoms. The first-order valence-electron chi connectivity index (χ1n) is 9.71. The maximum atomic E-state index is 12.9. The molecule has 4 aromatic rings. The van der Waals surface area contributed by atoms with Crippen molar-refractivity contribution in [2.24, 2.45) is 0 Å². The zero-order chi connectivity index (χ0) is 20.7. The van der Waals surface area contributed by atoms with Gasteiger partial charge >= 0.3 is 11.6 Å². The lowest BCUT2D eigenvalue weighted by atomic mass is 9.93. The predicted octanol–water partition coefficient (Wildman–Crippen LogP) is 4.51. The van der Waals surface area contributed by atoms with Crippen LogP contribution in [0, 0.1) is 0 Å². The quantitative estimate of drug-likeness (QED) is 0.369. The van der Waals surface area contributed by atoms with E-state index >= 15 is 0 Å². The molecule has 0 N–H and O–H groups in total. The van der Waals surface area contributed by atoms with E-state index in [1.54, 1.807) is 31.2 Å². The Kier molecular flexibility index (Phi) is 4.39. The third-order valence-electron chi connectivity index (χ3n) is 5.17. The first kappa shape index (κ1) is 18.2. The number of esters is 1. The van der Waals surface area contributed by atoms with E-state index in [9.17, 15) is 9.59 Å². The second-order valence-corrected chi connectivity index (χ2v) is 6.96. The predicted molar refractivity (Wildman–Crippen MR) is 110 cm³/mol. The average molecular weight is 402 g/mol. The number of benzene rings is 2. The number of rotatable bonds is 4. The van der Waals surface area contributed by atoms with E-state index < -0.39 is 23.6 Å². The van der Waals surface area contributed by atoms with Crippen molar-refractivity contribution in [3.8, 4) is 17.1 Å². The van der Waals surface area contributed by atoms with Gasteiger partial charge in [-0.1, -0.05) is 42.5 Å². The van der Waals surface area contributed by atoms with Crippen molar-refractivity contribution in [2.75, 3.05) is 6.61 Å². The molecule has 3 heterocycles. The van der Waals surface area contributed by atoms with E-state index in [1.807, 2.05) is 42.5 Å². The molecule has 0 saturated carbocycles. The Morgan fingerprint density at radius 2 is 1.73 bits per heavy atom. The lowest BCUT2D eigenvalue weighted by molar-refractivity contribution is -0.151. The van der Waals surface area contributed by atoms with Crippen LogP contribution < -0.4 is 10.4 Å². The smallest absolute Gasteiger partial charge is 0.348 e. The van der Waals surface area contributed by atoms with Crippen LogP contribution in [-0.2, 0) is 9.53 Å². The maximum Gasteiger partial charge on any atom is 0.348 e. The minimum atomic E-state index is -1.04. The Hall–Kier alpha value is -3.80. The standard InChI is InChI=1S/C24H18O6/c1-2-27-24(26)22-19(18-13-12-16(28-18)14-8-4-3-5-9-14)20-21(30-22)15-10-6-7-11-17(15)29-23(20)25/h3-13,19,22H,2H2,1H3/t19-,22+/m0/s1. The van der Waals surface area contributed by atoms with Gasteiger partial charge in [-0.05, 0) is 31.2 Å². The largest absolute Gasteiger partial charge is 0.476 e. The van der Waals surface area contributed by atoms with Crippen LogP contribution in [0.1, 0.15) is 24.2 Å². The summed E-state index contributed by atoms with van der Waals surface area (Å²) in [6, 6.07) is 20.2. The molecule has 0 radical (unpaired) electrons. The van der Waals surface area contributed by atoms with Gasteiger partial charge in [-0.15, -0.1) is 0 Å². The van der Waals surface area contributed by atoms with Crippen LogP contribution in [0.2, 0.25) is 0 Å². The lowest BCUT2D eigenvalue weighted by Crippen LogP contribution is -2.32. The third kappa shape index (κ3) is 2.88. The summed E-state index contributed by atoms with van der Waals surface area (Å²) in [7, 11) is 0. The van der Waals surface area contributed by atoms with E-state index in [2.05, 4.69) is 0 Å². The number of hydrogen-bond donors (Lipinski definition) is 0. The fraction of sp³-hybridized carbons (Fsp3) is 0.167. The minimum Gasteiger partial charge on any atom is -0.476 e. The third-order valence-corrected chi connectivity index (χ3v) is 5.17. The highest BCUT2D eigenvalue weighted by Gasteiger charge is 2.46. The number of hydrogen-bond acceptors (Lipinski definition) is 6. The van der Waals surface area contributed by atoms with Crippen LogP contribution in [0.3, 0.4) is 0 Å². The molecule has 1 aliphatic heterocycles.